The minimum Gasteiger partial charge on any atom is -0.378 e. The standard InChI is InChI=1S/C17H30N2O/c1-2-20-16-12-15(17(16)8-3-4-9-17)18-13-7-11-19-10-5-6-14(13)19/h13-16,18H,2-12H2,1H3. The number of fused-ring (bicyclic) bond motifs is 1. The molecule has 4 aliphatic rings. The Morgan fingerprint density at radius 1 is 1.15 bits per heavy atom. The van der Waals surface area contributed by atoms with E-state index < -0.39 is 0 Å². The Hall–Kier alpha value is -0.120. The fourth-order valence-electron chi connectivity index (χ4n) is 5.66. The van der Waals surface area contributed by atoms with Crippen molar-refractivity contribution < 1.29 is 4.74 Å². The third kappa shape index (κ3) is 1.97. The van der Waals surface area contributed by atoms with Gasteiger partial charge in [0.1, 0.15) is 0 Å². The highest BCUT2D eigenvalue weighted by molar-refractivity contribution is 5.12. The van der Waals surface area contributed by atoms with Crippen molar-refractivity contribution in [2.24, 2.45) is 5.41 Å². The highest BCUT2D eigenvalue weighted by Crippen LogP contribution is 2.55. The van der Waals surface area contributed by atoms with Gasteiger partial charge in [-0.3, -0.25) is 4.90 Å². The number of ether oxygens (including phenoxy) is 1. The predicted molar refractivity (Wildman–Crippen MR) is 80.9 cm³/mol. The lowest BCUT2D eigenvalue weighted by Gasteiger charge is -2.55. The lowest BCUT2D eigenvalue weighted by atomic mass is 9.60. The van der Waals surface area contributed by atoms with Crippen molar-refractivity contribution in [1.82, 2.24) is 10.2 Å². The van der Waals surface area contributed by atoms with Crippen LogP contribution in [0.15, 0.2) is 0 Å². The fraction of sp³-hybridized carbons (Fsp3) is 1.00. The topological polar surface area (TPSA) is 24.5 Å². The van der Waals surface area contributed by atoms with Gasteiger partial charge < -0.3 is 10.1 Å². The van der Waals surface area contributed by atoms with Crippen molar-refractivity contribution >= 4 is 0 Å². The van der Waals surface area contributed by atoms with Gasteiger partial charge >= 0.3 is 0 Å². The van der Waals surface area contributed by atoms with E-state index in [1.54, 1.807) is 0 Å². The molecule has 0 aromatic carbocycles. The molecule has 2 aliphatic heterocycles. The first-order valence-electron chi connectivity index (χ1n) is 8.95. The first-order chi connectivity index (χ1) is 9.83. The van der Waals surface area contributed by atoms with Gasteiger partial charge in [0.05, 0.1) is 6.10 Å². The summed E-state index contributed by atoms with van der Waals surface area (Å²) in [5, 5.41) is 4.09. The van der Waals surface area contributed by atoms with Crippen LogP contribution in [0.25, 0.3) is 0 Å². The zero-order valence-electron chi connectivity index (χ0n) is 12.9. The fourth-order valence-corrected chi connectivity index (χ4v) is 5.66. The van der Waals surface area contributed by atoms with E-state index in [9.17, 15) is 0 Å². The van der Waals surface area contributed by atoms with Gasteiger partial charge in [-0.1, -0.05) is 12.8 Å². The average molecular weight is 278 g/mol. The van der Waals surface area contributed by atoms with E-state index in [4.69, 9.17) is 4.74 Å². The smallest absolute Gasteiger partial charge is 0.0661 e. The van der Waals surface area contributed by atoms with E-state index in [0.717, 1.165) is 24.7 Å². The largest absolute Gasteiger partial charge is 0.378 e. The molecule has 1 spiro atoms. The third-order valence-corrected chi connectivity index (χ3v) is 6.71. The van der Waals surface area contributed by atoms with Gasteiger partial charge in [-0.15, -0.1) is 0 Å². The summed E-state index contributed by atoms with van der Waals surface area (Å²) in [5.41, 5.74) is 0.502. The maximum absolute atomic E-state index is 6.05. The predicted octanol–water partition coefficient (Wildman–Crippen LogP) is 2.55. The Kier molecular flexibility index (Phi) is 3.56. The molecule has 0 aromatic rings. The molecule has 0 aromatic heterocycles. The monoisotopic (exact) mass is 278 g/mol. The second-order valence-electron chi connectivity index (χ2n) is 7.48. The first-order valence-corrected chi connectivity index (χ1v) is 8.95. The van der Waals surface area contributed by atoms with E-state index in [2.05, 4.69) is 17.1 Å². The van der Waals surface area contributed by atoms with Gasteiger partial charge in [-0.2, -0.15) is 0 Å². The molecule has 4 fully saturated rings. The summed E-state index contributed by atoms with van der Waals surface area (Å²) in [5.74, 6) is 0. The summed E-state index contributed by atoms with van der Waals surface area (Å²) < 4.78 is 6.05. The van der Waals surface area contributed by atoms with Crippen molar-refractivity contribution in [3.63, 3.8) is 0 Å². The molecule has 0 amide bonds. The number of hydrogen-bond donors (Lipinski definition) is 1. The molecule has 4 unspecified atom stereocenters. The lowest BCUT2D eigenvalue weighted by Crippen LogP contribution is -2.65. The van der Waals surface area contributed by atoms with Crippen LogP contribution in [-0.4, -0.2) is 48.8 Å². The molecule has 0 bridgehead atoms. The summed E-state index contributed by atoms with van der Waals surface area (Å²) in [7, 11) is 0. The number of rotatable bonds is 4. The van der Waals surface area contributed by atoms with Crippen LogP contribution in [0.5, 0.6) is 0 Å². The normalized spacial score (nSPS) is 43.0. The van der Waals surface area contributed by atoms with Crippen LogP contribution in [0.3, 0.4) is 0 Å². The van der Waals surface area contributed by atoms with Crippen molar-refractivity contribution in [2.75, 3.05) is 19.7 Å². The molecular weight excluding hydrogens is 248 g/mol. The lowest BCUT2D eigenvalue weighted by molar-refractivity contribution is -0.133. The summed E-state index contributed by atoms with van der Waals surface area (Å²) in [6.45, 7) is 5.72. The van der Waals surface area contributed by atoms with Gasteiger partial charge in [-0.05, 0) is 52.0 Å². The van der Waals surface area contributed by atoms with Crippen molar-refractivity contribution in [3.8, 4) is 0 Å². The van der Waals surface area contributed by atoms with Crippen molar-refractivity contribution in [2.45, 2.75) is 82.5 Å². The molecule has 20 heavy (non-hydrogen) atoms. The average Bonchev–Trinajstić information content (AvgIpc) is 3.16. The second-order valence-corrected chi connectivity index (χ2v) is 7.48. The van der Waals surface area contributed by atoms with E-state index >= 15 is 0 Å². The highest BCUT2D eigenvalue weighted by Gasteiger charge is 2.57. The van der Waals surface area contributed by atoms with E-state index in [0.29, 0.717) is 11.5 Å². The van der Waals surface area contributed by atoms with Gasteiger partial charge in [-0.25, -0.2) is 0 Å². The molecule has 4 atom stereocenters. The Morgan fingerprint density at radius 3 is 2.80 bits per heavy atom. The Bertz CT molecular complexity index is 353. The van der Waals surface area contributed by atoms with Crippen LogP contribution in [0.1, 0.15) is 58.3 Å². The zero-order valence-corrected chi connectivity index (χ0v) is 12.9. The molecule has 2 saturated heterocycles. The molecule has 0 radical (unpaired) electrons. The van der Waals surface area contributed by atoms with Crippen LogP contribution >= 0.6 is 0 Å². The van der Waals surface area contributed by atoms with Crippen LogP contribution in [-0.2, 0) is 4.74 Å². The molecular formula is C17H30N2O. The molecule has 114 valence electrons. The summed E-state index contributed by atoms with van der Waals surface area (Å²) in [4.78, 5) is 2.72. The molecule has 2 aliphatic carbocycles. The highest BCUT2D eigenvalue weighted by atomic mass is 16.5. The minimum atomic E-state index is 0.502. The quantitative estimate of drug-likeness (QED) is 0.855. The van der Waals surface area contributed by atoms with Gasteiger partial charge in [0.15, 0.2) is 0 Å². The van der Waals surface area contributed by atoms with Crippen LogP contribution in [0.2, 0.25) is 0 Å². The maximum Gasteiger partial charge on any atom is 0.0661 e. The number of nitrogens with zero attached hydrogens (tertiary/aromatic N) is 1. The second kappa shape index (κ2) is 5.26. The minimum absolute atomic E-state index is 0.502. The Morgan fingerprint density at radius 2 is 2.00 bits per heavy atom. The summed E-state index contributed by atoms with van der Waals surface area (Å²) >= 11 is 0. The Balaban J connectivity index is 1.41. The zero-order chi connectivity index (χ0) is 13.6. The SMILES string of the molecule is CCOC1CC(NC2CCN3CCCC23)C12CCCC2. The van der Waals surface area contributed by atoms with E-state index in [1.807, 2.05) is 0 Å². The van der Waals surface area contributed by atoms with Crippen LogP contribution in [0, 0.1) is 5.41 Å². The summed E-state index contributed by atoms with van der Waals surface area (Å²) in [6.07, 6.45) is 11.7. The van der Waals surface area contributed by atoms with Crippen molar-refractivity contribution in [1.29, 1.82) is 0 Å². The molecule has 1 N–H and O–H groups in total. The van der Waals surface area contributed by atoms with Crippen LogP contribution in [0.4, 0.5) is 0 Å². The summed E-state index contributed by atoms with van der Waals surface area (Å²) in [6, 6.07) is 2.36. The van der Waals surface area contributed by atoms with E-state index in [-0.39, 0.29) is 0 Å². The maximum atomic E-state index is 6.05. The van der Waals surface area contributed by atoms with Gasteiger partial charge in [0, 0.05) is 36.7 Å². The van der Waals surface area contributed by atoms with Gasteiger partial charge in [0.2, 0.25) is 0 Å². The molecule has 3 nitrogen and oxygen atoms in total. The van der Waals surface area contributed by atoms with E-state index in [1.165, 1.54) is 64.5 Å². The third-order valence-electron chi connectivity index (χ3n) is 6.71. The number of nitrogens with one attached hydrogen (secondary N) is 1. The molecule has 2 heterocycles. The van der Waals surface area contributed by atoms with Crippen molar-refractivity contribution in [3.05, 3.63) is 0 Å². The van der Waals surface area contributed by atoms with Gasteiger partial charge in [0.25, 0.3) is 0 Å². The molecule has 2 saturated carbocycles. The number of hydrogen-bond acceptors (Lipinski definition) is 3. The first kappa shape index (κ1) is 13.5. The Labute approximate surface area is 123 Å². The molecule has 3 heteroatoms. The molecule has 4 rings (SSSR count). The van der Waals surface area contributed by atoms with Crippen LogP contribution < -0.4 is 5.32 Å².